The molecule has 1 aliphatic heterocycles. The highest BCUT2D eigenvalue weighted by molar-refractivity contribution is 7.09. The van der Waals surface area contributed by atoms with Crippen molar-refractivity contribution in [3.8, 4) is 5.75 Å². The van der Waals surface area contributed by atoms with Crippen LogP contribution in [-0.2, 0) is 11.3 Å². The third-order valence-electron chi connectivity index (χ3n) is 3.79. The molecule has 2 N–H and O–H groups in total. The maximum absolute atomic E-state index is 12.8. The molecule has 0 bridgehead atoms. The number of thiazole rings is 1. The average Bonchev–Trinajstić information content (AvgIpc) is 3.17. The van der Waals surface area contributed by atoms with E-state index in [4.69, 9.17) is 4.74 Å². The van der Waals surface area contributed by atoms with Gasteiger partial charge in [-0.1, -0.05) is 0 Å². The number of hydrogen-bond donors (Lipinski definition) is 2. The minimum Gasteiger partial charge on any atom is -0.508 e. The lowest BCUT2D eigenvalue weighted by molar-refractivity contribution is 0.0502. The van der Waals surface area contributed by atoms with Gasteiger partial charge >= 0.3 is 0 Å². The van der Waals surface area contributed by atoms with E-state index in [2.05, 4.69) is 9.97 Å². The first-order valence-electron chi connectivity index (χ1n) is 7.76. The van der Waals surface area contributed by atoms with Gasteiger partial charge in [0.25, 0.3) is 11.5 Å². The van der Waals surface area contributed by atoms with Crippen LogP contribution >= 0.6 is 11.3 Å². The molecular formula is C16H19N3O4S. The molecule has 2 aromatic rings. The zero-order valence-corrected chi connectivity index (χ0v) is 14.1. The number of hydrogen-bond acceptors (Lipinski definition) is 6. The predicted molar refractivity (Wildman–Crippen MR) is 89.3 cm³/mol. The predicted octanol–water partition coefficient (Wildman–Crippen LogP) is 1.67. The fraction of sp³-hybridized carbons (Fsp3) is 0.438. The van der Waals surface area contributed by atoms with Gasteiger partial charge in [-0.15, -0.1) is 11.3 Å². The maximum atomic E-state index is 12.8. The van der Waals surface area contributed by atoms with Crippen LogP contribution in [0, 0.1) is 6.92 Å². The molecule has 8 heteroatoms. The van der Waals surface area contributed by atoms with Crippen molar-refractivity contribution in [1.82, 2.24) is 14.9 Å². The number of carbonyl (C=O) groups is 1. The van der Waals surface area contributed by atoms with Crippen LogP contribution in [0.2, 0.25) is 0 Å². The minimum atomic E-state index is -0.513. The number of nitrogens with one attached hydrogen (secondary N) is 1. The fourth-order valence-electron chi connectivity index (χ4n) is 2.71. The van der Waals surface area contributed by atoms with Gasteiger partial charge in [0.2, 0.25) is 0 Å². The summed E-state index contributed by atoms with van der Waals surface area (Å²) in [5, 5.41) is 12.3. The number of aryl methyl sites for hydroxylation is 1. The molecule has 128 valence electrons. The van der Waals surface area contributed by atoms with Crippen molar-refractivity contribution in [3.05, 3.63) is 44.3 Å². The van der Waals surface area contributed by atoms with E-state index >= 15 is 0 Å². The van der Waals surface area contributed by atoms with Gasteiger partial charge in [-0.3, -0.25) is 9.59 Å². The Morgan fingerprint density at radius 1 is 1.54 bits per heavy atom. The van der Waals surface area contributed by atoms with Crippen molar-refractivity contribution >= 4 is 17.2 Å². The Kier molecular flexibility index (Phi) is 4.96. The van der Waals surface area contributed by atoms with Gasteiger partial charge in [-0.25, -0.2) is 4.98 Å². The van der Waals surface area contributed by atoms with Gasteiger partial charge in [0.1, 0.15) is 16.5 Å². The van der Waals surface area contributed by atoms with Gasteiger partial charge in [0, 0.05) is 36.4 Å². The van der Waals surface area contributed by atoms with Crippen LogP contribution in [0.3, 0.4) is 0 Å². The molecule has 0 aromatic carbocycles. The molecule has 2 aromatic heterocycles. The Morgan fingerprint density at radius 3 is 3.00 bits per heavy atom. The molecule has 7 nitrogen and oxygen atoms in total. The zero-order chi connectivity index (χ0) is 17.1. The number of carbonyl (C=O) groups excluding carboxylic acids is 1. The highest BCUT2D eigenvalue weighted by Crippen LogP contribution is 2.19. The number of amides is 1. The van der Waals surface area contributed by atoms with E-state index in [1.807, 2.05) is 12.3 Å². The molecule has 1 atom stereocenters. The molecule has 3 heterocycles. The second-order valence-electron chi connectivity index (χ2n) is 5.82. The fourth-order valence-corrected chi connectivity index (χ4v) is 3.49. The molecule has 0 aliphatic carbocycles. The van der Waals surface area contributed by atoms with E-state index in [1.54, 1.807) is 4.90 Å². The van der Waals surface area contributed by atoms with Gasteiger partial charge in [-0.05, 0) is 19.8 Å². The molecule has 0 spiro atoms. The lowest BCUT2D eigenvalue weighted by atomic mass is 10.2. The monoisotopic (exact) mass is 349 g/mol. The first-order valence-corrected chi connectivity index (χ1v) is 8.64. The van der Waals surface area contributed by atoms with Crippen molar-refractivity contribution in [2.45, 2.75) is 32.4 Å². The van der Waals surface area contributed by atoms with Gasteiger partial charge in [-0.2, -0.15) is 0 Å². The smallest absolute Gasteiger partial charge is 0.270 e. The molecule has 1 fully saturated rings. The Hall–Kier alpha value is -2.19. The van der Waals surface area contributed by atoms with E-state index in [-0.39, 0.29) is 23.5 Å². The largest absolute Gasteiger partial charge is 0.508 e. The molecule has 1 saturated heterocycles. The highest BCUT2D eigenvalue weighted by atomic mass is 32.1. The van der Waals surface area contributed by atoms with Crippen LogP contribution in [0.15, 0.2) is 22.3 Å². The van der Waals surface area contributed by atoms with E-state index in [0.29, 0.717) is 19.7 Å². The third kappa shape index (κ3) is 4.01. The number of aromatic amines is 1. The second kappa shape index (κ2) is 7.14. The standard InChI is InChI=1S/C16H19N3O4S/c1-10-9-24-15(17-10)8-19(7-12-3-2-4-23-12)16(22)13-5-11(20)6-14(21)18-13/h5-6,9,12H,2-4,7-8H2,1H3,(H2,18,20,21). The summed E-state index contributed by atoms with van der Waals surface area (Å²) in [4.78, 5) is 32.8. The van der Waals surface area contributed by atoms with Gasteiger partial charge < -0.3 is 19.7 Å². The molecule has 1 aliphatic rings. The summed E-state index contributed by atoms with van der Waals surface area (Å²) >= 11 is 1.49. The average molecular weight is 349 g/mol. The van der Waals surface area contributed by atoms with Crippen LogP contribution in [0.5, 0.6) is 5.75 Å². The lowest BCUT2D eigenvalue weighted by Crippen LogP contribution is -2.37. The number of pyridine rings is 1. The van der Waals surface area contributed by atoms with Crippen molar-refractivity contribution in [1.29, 1.82) is 0 Å². The zero-order valence-electron chi connectivity index (χ0n) is 13.3. The van der Waals surface area contributed by atoms with Crippen molar-refractivity contribution < 1.29 is 14.6 Å². The third-order valence-corrected chi connectivity index (χ3v) is 4.74. The molecular weight excluding hydrogens is 330 g/mol. The number of nitrogens with zero attached hydrogens (tertiary/aromatic N) is 2. The van der Waals surface area contributed by atoms with Crippen LogP contribution < -0.4 is 5.56 Å². The first-order chi connectivity index (χ1) is 11.5. The summed E-state index contributed by atoms with van der Waals surface area (Å²) < 4.78 is 5.63. The van der Waals surface area contributed by atoms with Crippen LogP contribution in [0.4, 0.5) is 0 Å². The topological polar surface area (TPSA) is 95.5 Å². The van der Waals surface area contributed by atoms with E-state index in [9.17, 15) is 14.7 Å². The highest BCUT2D eigenvalue weighted by Gasteiger charge is 2.25. The van der Waals surface area contributed by atoms with Gasteiger partial charge in [0.05, 0.1) is 12.6 Å². The van der Waals surface area contributed by atoms with Crippen molar-refractivity contribution in [3.63, 3.8) is 0 Å². The number of rotatable bonds is 5. The van der Waals surface area contributed by atoms with Crippen LogP contribution in [0.1, 0.15) is 34.0 Å². The normalized spacial score (nSPS) is 17.1. The summed E-state index contributed by atoms with van der Waals surface area (Å²) in [5.41, 5.74) is 0.456. The summed E-state index contributed by atoms with van der Waals surface area (Å²) in [7, 11) is 0. The van der Waals surface area contributed by atoms with Crippen molar-refractivity contribution in [2.75, 3.05) is 13.2 Å². The lowest BCUT2D eigenvalue weighted by Gasteiger charge is -2.24. The number of H-pyrrole nitrogens is 1. The van der Waals surface area contributed by atoms with E-state index < -0.39 is 5.56 Å². The Balaban J connectivity index is 1.83. The minimum absolute atomic E-state index is 0.0148. The summed E-state index contributed by atoms with van der Waals surface area (Å²) in [6.45, 7) is 3.37. The maximum Gasteiger partial charge on any atom is 0.270 e. The van der Waals surface area contributed by atoms with E-state index in [0.717, 1.165) is 29.6 Å². The molecule has 1 unspecified atom stereocenters. The first kappa shape index (κ1) is 16.7. The molecule has 3 rings (SSSR count). The summed E-state index contributed by atoms with van der Waals surface area (Å²) in [6.07, 6.45) is 1.86. The number of aromatic hydroxyl groups is 1. The van der Waals surface area contributed by atoms with Crippen molar-refractivity contribution in [2.24, 2.45) is 0 Å². The van der Waals surface area contributed by atoms with Crippen LogP contribution in [0.25, 0.3) is 0 Å². The Labute approximate surface area is 142 Å². The summed E-state index contributed by atoms with van der Waals surface area (Å²) in [5.74, 6) is -0.587. The Morgan fingerprint density at radius 2 is 2.38 bits per heavy atom. The summed E-state index contributed by atoms with van der Waals surface area (Å²) in [6, 6.07) is 2.30. The van der Waals surface area contributed by atoms with E-state index in [1.165, 1.54) is 17.4 Å². The van der Waals surface area contributed by atoms with Gasteiger partial charge in [0.15, 0.2) is 0 Å². The van der Waals surface area contributed by atoms with Crippen LogP contribution in [-0.4, -0.2) is 45.1 Å². The Bertz CT molecular complexity index is 780. The molecule has 24 heavy (non-hydrogen) atoms. The SMILES string of the molecule is Cc1csc(CN(CC2CCCO2)C(=O)c2cc(O)cc(=O)[nH]2)n1. The number of aromatic nitrogens is 2. The molecule has 1 amide bonds. The second-order valence-corrected chi connectivity index (χ2v) is 6.76. The number of ether oxygens (including phenoxy) is 1. The molecule has 0 radical (unpaired) electrons. The quantitative estimate of drug-likeness (QED) is 0.856. The molecule has 0 saturated carbocycles.